The third kappa shape index (κ3) is 4.26. The van der Waals surface area contributed by atoms with Crippen LogP contribution >= 0.6 is 11.3 Å². The van der Waals surface area contributed by atoms with Crippen LogP contribution in [0.25, 0.3) is 0 Å². The number of carbonyl (C=O) groups excluding carboxylic acids is 1. The molecule has 1 aromatic heterocycles. The minimum Gasteiger partial charge on any atom is -0.489 e. The number of thiophene rings is 1. The molecule has 6 heteroatoms. The lowest BCUT2D eigenvalue weighted by molar-refractivity contribution is 0.103. The van der Waals surface area contributed by atoms with Crippen molar-refractivity contribution in [1.29, 1.82) is 0 Å². The third-order valence-corrected chi connectivity index (χ3v) is 4.76. The number of benzene rings is 2. The van der Waals surface area contributed by atoms with Crippen molar-refractivity contribution in [1.82, 2.24) is 0 Å². The lowest BCUT2D eigenvalue weighted by Crippen LogP contribution is -2.11. The summed E-state index contributed by atoms with van der Waals surface area (Å²) in [6.07, 6.45) is 0. The Morgan fingerprint density at radius 2 is 1.92 bits per heavy atom. The van der Waals surface area contributed by atoms with Crippen LogP contribution in [0.1, 0.15) is 26.4 Å². The first-order chi connectivity index (χ1) is 12.4. The van der Waals surface area contributed by atoms with Crippen molar-refractivity contribution in [3.63, 3.8) is 0 Å². The summed E-state index contributed by atoms with van der Waals surface area (Å²) in [7, 11) is 0. The van der Waals surface area contributed by atoms with Gasteiger partial charge in [0.05, 0.1) is 10.6 Å². The van der Waals surface area contributed by atoms with E-state index in [0.717, 1.165) is 40.6 Å². The second kappa shape index (κ2) is 7.66. The first-order valence-electron chi connectivity index (χ1n) is 7.96. The SMILES string of the molecule is Cc1ccc(OCc2csc(C(=O)Nc3cc(F)ccc3F)c2)c(C)c1. The lowest BCUT2D eigenvalue weighted by Gasteiger charge is -2.08. The Balaban J connectivity index is 1.65. The summed E-state index contributed by atoms with van der Waals surface area (Å²) in [5.74, 6) is -1.00. The zero-order valence-corrected chi connectivity index (χ0v) is 15.1. The van der Waals surface area contributed by atoms with Gasteiger partial charge in [-0.3, -0.25) is 4.79 Å². The van der Waals surface area contributed by atoms with E-state index >= 15 is 0 Å². The van der Waals surface area contributed by atoms with Crippen molar-refractivity contribution in [3.05, 3.63) is 81.0 Å². The van der Waals surface area contributed by atoms with Gasteiger partial charge in [-0.2, -0.15) is 0 Å². The fourth-order valence-electron chi connectivity index (χ4n) is 2.47. The Labute approximate surface area is 154 Å². The summed E-state index contributed by atoms with van der Waals surface area (Å²) >= 11 is 1.22. The molecule has 0 atom stereocenters. The van der Waals surface area contributed by atoms with Crippen LogP contribution < -0.4 is 10.1 Å². The summed E-state index contributed by atoms with van der Waals surface area (Å²) < 4.78 is 32.6. The van der Waals surface area contributed by atoms with Crippen LogP contribution in [0.2, 0.25) is 0 Å². The molecular formula is C20H17F2NO2S. The Morgan fingerprint density at radius 1 is 1.12 bits per heavy atom. The highest BCUT2D eigenvalue weighted by atomic mass is 32.1. The Kier molecular flexibility index (Phi) is 5.32. The zero-order valence-electron chi connectivity index (χ0n) is 14.3. The molecule has 0 aliphatic heterocycles. The van der Waals surface area contributed by atoms with E-state index in [1.165, 1.54) is 11.3 Å². The van der Waals surface area contributed by atoms with Gasteiger partial charge in [0.1, 0.15) is 24.0 Å². The van der Waals surface area contributed by atoms with E-state index in [1.807, 2.05) is 32.0 Å². The van der Waals surface area contributed by atoms with Crippen molar-refractivity contribution in [2.75, 3.05) is 5.32 Å². The third-order valence-electron chi connectivity index (χ3n) is 3.78. The number of hydrogen-bond donors (Lipinski definition) is 1. The van der Waals surface area contributed by atoms with Gasteiger partial charge in [0, 0.05) is 11.6 Å². The van der Waals surface area contributed by atoms with E-state index in [0.29, 0.717) is 11.5 Å². The number of anilines is 1. The maximum atomic E-state index is 13.6. The van der Waals surface area contributed by atoms with Gasteiger partial charge in [0.2, 0.25) is 0 Å². The summed E-state index contributed by atoms with van der Waals surface area (Å²) in [5, 5.41) is 4.19. The first-order valence-corrected chi connectivity index (χ1v) is 8.84. The molecule has 0 radical (unpaired) electrons. The number of nitrogens with one attached hydrogen (secondary N) is 1. The molecule has 0 spiro atoms. The number of amides is 1. The highest BCUT2D eigenvalue weighted by molar-refractivity contribution is 7.12. The second-order valence-electron chi connectivity index (χ2n) is 5.96. The molecule has 1 N–H and O–H groups in total. The number of hydrogen-bond acceptors (Lipinski definition) is 3. The summed E-state index contributed by atoms with van der Waals surface area (Å²) in [5.41, 5.74) is 2.85. The molecule has 1 amide bonds. The minimum absolute atomic E-state index is 0.184. The van der Waals surface area contributed by atoms with Crippen molar-refractivity contribution < 1.29 is 18.3 Å². The first kappa shape index (κ1) is 18.1. The monoisotopic (exact) mass is 373 g/mol. The van der Waals surface area contributed by atoms with E-state index in [-0.39, 0.29) is 5.69 Å². The molecule has 3 nitrogen and oxygen atoms in total. The number of rotatable bonds is 5. The minimum atomic E-state index is -0.685. The molecule has 3 aromatic rings. The maximum absolute atomic E-state index is 13.6. The van der Waals surface area contributed by atoms with Crippen LogP contribution in [0.5, 0.6) is 5.75 Å². The predicted molar refractivity (Wildman–Crippen MR) is 98.9 cm³/mol. The van der Waals surface area contributed by atoms with Crippen LogP contribution in [0.15, 0.2) is 47.8 Å². The average molecular weight is 373 g/mol. The van der Waals surface area contributed by atoms with Crippen LogP contribution in [0, 0.1) is 25.5 Å². The predicted octanol–water partition coefficient (Wildman–Crippen LogP) is 5.47. The van der Waals surface area contributed by atoms with Crippen LogP contribution in [-0.4, -0.2) is 5.91 Å². The quantitative estimate of drug-likeness (QED) is 0.644. The summed E-state index contributed by atoms with van der Waals surface area (Å²) in [6, 6.07) is 10.5. The largest absolute Gasteiger partial charge is 0.489 e. The van der Waals surface area contributed by atoms with Crippen LogP contribution in [-0.2, 0) is 6.61 Å². The van der Waals surface area contributed by atoms with Gasteiger partial charge < -0.3 is 10.1 Å². The zero-order chi connectivity index (χ0) is 18.7. The number of aryl methyl sites for hydroxylation is 2. The lowest BCUT2D eigenvalue weighted by atomic mass is 10.1. The fourth-order valence-corrected chi connectivity index (χ4v) is 3.26. The van der Waals surface area contributed by atoms with Gasteiger partial charge in [-0.15, -0.1) is 11.3 Å². The molecule has 0 fully saturated rings. The topological polar surface area (TPSA) is 38.3 Å². The summed E-state index contributed by atoms with van der Waals surface area (Å²) in [6.45, 7) is 4.31. The van der Waals surface area contributed by atoms with Gasteiger partial charge in [-0.25, -0.2) is 8.78 Å². The van der Waals surface area contributed by atoms with Gasteiger partial charge in [0.25, 0.3) is 5.91 Å². The van der Waals surface area contributed by atoms with E-state index in [2.05, 4.69) is 5.32 Å². The molecule has 0 aliphatic rings. The Hall–Kier alpha value is -2.73. The molecule has 3 rings (SSSR count). The highest BCUT2D eigenvalue weighted by Gasteiger charge is 2.13. The van der Waals surface area contributed by atoms with Gasteiger partial charge >= 0.3 is 0 Å². The molecule has 2 aromatic carbocycles. The Bertz CT molecular complexity index is 953. The molecule has 26 heavy (non-hydrogen) atoms. The fraction of sp³-hybridized carbons (Fsp3) is 0.150. The Morgan fingerprint density at radius 3 is 2.69 bits per heavy atom. The smallest absolute Gasteiger partial charge is 0.265 e. The second-order valence-corrected chi connectivity index (χ2v) is 6.87. The molecule has 0 saturated heterocycles. The highest BCUT2D eigenvalue weighted by Crippen LogP contribution is 2.23. The van der Waals surface area contributed by atoms with E-state index in [9.17, 15) is 13.6 Å². The summed E-state index contributed by atoms with van der Waals surface area (Å²) in [4.78, 5) is 12.6. The van der Waals surface area contributed by atoms with Gasteiger partial charge in [0.15, 0.2) is 0 Å². The maximum Gasteiger partial charge on any atom is 0.265 e. The molecule has 134 valence electrons. The molecule has 0 unspecified atom stereocenters. The average Bonchev–Trinajstić information content (AvgIpc) is 3.06. The van der Waals surface area contributed by atoms with Crippen molar-refractivity contribution in [3.8, 4) is 5.75 Å². The van der Waals surface area contributed by atoms with Gasteiger partial charge in [-0.05, 0) is 49.1 Å². The molecular weight excluding hydrogens is 356 g/mol. The van der Waals surface area contributed by atoms with Crippen molar-refractivity contribution >= 4 is 22.9 Å². The van der Waals surface area contributed by atoms with E-state index in [1.54, 1.807) is 11.4 Å². The van der Waals surface area contributed by atoms with Crippen molar-refractivity contribution in [2.24, 2.45) is 0 Å². The molecule has 0 bridgehead atoms. The number of halogens is 2. The molecule has 1 heterocycles. The number of carbonyl (C=O) groups is 1. The van der Waals surface area contributed by atoms with Crippen LogP contribution in [0.4, 0.5) is 14.5 Å². The van der Waals surface area contributed by atoms with E-state index in [4.69, 9.17) is 4.74 Å². The number of ether oxygens (including phenoxy) is 1. The molecule has 0 aliphatic carbocycles. The standard InChI is InChI=1S/C20H17F2NO2S/c1-12-3-6-18(13(2)7-12)25-10-14-8-19(26-11-14)20(24)23-17-9-15(21)4-5-16(17)22/h3-9,11H,10H2,1-2H3,(H,23,24). The normalized spacial score (nSPS) is 10.6. The van der Waals surface area contributed by atoms with Crippen molar-refractivity contribution in [2.45, 2.75) is 20.5 Å². The van der Waals surface area contributed by atoms with Crippen LogP contribution in [0.3, 0.4) is 0 Å². The molecule has 0 saturated carbocycles. The van der Waals surface area contributed by atoms with E-state index < -0.39 is 17.5 Å². The van der Waals surface area contributed by atoms with Gasteiger partial charge in [-0.1, -0.05) is 17.7 Å².